The number of carbonyl (C=O) groups is 1. The van der Waals surface area contributed by atoms with E-state index in [0.29, 0.717) is 10.8 Å². The third kappa shape index (κ3) is 5.31. The Morgan fingerprint density at radius 3 is 2.33 bits per heavy atom. The topological polar surface area (TPSA) is 114 Å². The molecule has 0 spiro atoms. The summed E-state index contributed by atoms with van der Waals surface area (Å²) in [4.78, 5) is 21.8. The number of ether oxygens (including phenoxy) is 3. The van der Waals surface area contributed by atoms with Crippen LogP contribution in [0.3, 0.4) is 0 Å². The standard InChI is InChI=1S/C20H14Cl2N2O6/c21-12-5-8-16(14(22)9-12)29-13-6-7-15(24(26)27)19(10-13)30-18-4-2-1-3-17(18)28-11-20(23)25/h1-10H,11H2,(H2,23,25). The number of rotatable bonds is 8. The quantitative estimate of drug-likeness (QED) is 0.366. The van der Waals surface area contributed by atoms with E-state index in [2.05, 4.69) is 0 Å². The van der Waals surface area contributed by atoms with Gasteiger partial charge in [0.1, 0.15) is 11.5 Å². The van der Waals surface area contributed by atoms with E-state index in [0.717, 1.165) is 0 Å². The SMILES string of the molecule is NC(=O)COc1ccccc1Oc1cc(Oc2ccc(Cl)cc2Cl)ccc1[N+](=O)[O-]. The van der Waals surface area contributed by atoms with Gasteiger partial charge in [0.05, 0.1) is 9.95 Å². The molecule has 0 fully saturated rings. The lowest BCUT2D eigenvalue weighted by Gasteiger charge is -2.13. The second-order valence-corrected chi connectivity index (χ2v) is 6.71. The number of benzene rings is 3. The normalized spacial score (nSPS) is 10.3. The van der Waals surface area contributed by atoms with Gasteiger partial charge in [0, 0.05) is 17.2 Å². The third-order valence-corrected chi connectivity index (χ3v) is 4.22. The number of para-hydroxylation sites is 2. The van der Waals surface area contributed by atoms with Crippen molar-refractivity contribution in [2.75, 3.05) is 6.61 Å². The lowest BCUT2D eigenvalue weighted by atomic mass is 10.2. The Balaban J connectivity index is 1.93. The van der Waals surface area contributed by atoms with Gasteiger partial charge in [-0.3, -0.25) is 14.9 Å². The minimum absolute atomic E-state index is 0.0993. The summed E-state index contributed by atoms with van der Waals surface area (Å²) in [5.74, 6) is 0.131. The molecule has 0 aliphatic rings. The van der Waals surface area contributed by atoms with Gasteiger partial charge in [-0.25, -0.2) is 0 Å². The van der Waals surface area contributed by atoms with Crippen LogP contribution in [0.25, 0.3) is 0 Å². The smallest absolute Gasteiger partial charge is 0.311 e. The van der Waals surface area contributed by atoms with Gasteiger partial charge in [-0.15, -0.1) is 0 Å². The number of nitro benzene ring substituents is 1. The van der Waals surface area contributed by atoms with Crippen LogP contribution in [0.5, 0.6) is 28.7 Å². The lowest BCUT2D eigenvalue weighted by Crippen LogP contribution is -2.20. The van der Waals surface area contributed by atoms with Gasteiger partial charge < -0.3 is 19.9 Å². The maximum atomic E-state index is 11.4. The number of hydrogen-bond acceptors (Lipinski definition) is 6. The van der Waals surface area contributed by atoms with Gasteiger partial charge in [-0.1, -0.05) is 35.3 Å². The second-order valence-electron chi connectivity index (χ2n) is 5.87. The first-order chi connectivity index (χ1) is 14.3. The maximum Gasteiger partial charge on any atom is 0.311 e. The van der Waals surface area contributed by atoms with Gasteiger partial charge in [0.15, 0.2) is 18.1 Å². The fourth-order valence-corrected chi connectivity index (χ4v) is 2.84. The zero-order chi connectivity index (χ0) is 21.7. The molecule has 0 radical (unpaired) electrons. The average molecular weight is 449 g/mol. The number of nitrogens with two attached hydrogens (primary N) is 1. The molecule has 2 N–H and O–H groups in total. The number of hydrogen-bond donors (Lipinski definition) is 1. The van der Waals surface area contributed by atoms with Crippen LogP contribution in [0.15, 0.2) is 60.7 Å². The van der Waals surface area contributed by atoms with E-state index in [1.807, 2.05) is 0 Å². The first-order valence-corrected chi connectivity index (χ1v) is 9.18. The summed E-state index contributed by atoms with van der Waals surface area (Å²) >= 11 is 12.0. The summed E-state index contributed by atoms with van der Waals surface area (Å²) in [5.41, 5.74) is 4.79. The van der Waals surface area contributed by atoms with Gasteiger partial charge in [0.25, 0.3) is 5.91 Å². The number of nitro groups is 1. The van der Waals surface area contributed by atoms with E-state index in [4.69, 9.17) is 43.1 Å². The summed E-state index contributed by atoms with van der Waals surface area (Å²) in [6, 6.07) is 15.0. The highest BCUT2D eigenvalue weighted by Gasteiger charge is 2.19. The molecule has 0 aliphatic heterocycles. The van der Waals surface area contributed by atoms with Crippen molar-refractivity contribution in [3.05, 3.63) is 80.8 Å². The van der Waals surface area contributed by atoms with Crippen LogP contribution in [0.4, 0.5) is 5.69 Å². The van der Waals surface area contributed by atoms with Crippen molar-refractivity contribution in [2.45, 2.75) is 0 Å². The molecule has 0 heterocycles. The van der Waals surface area contributed by atoms with Crippen LogP contribution in [-0.2, 0) is 4.79 Å². The highest BCUT2D eigenvalue weighted by atomic mass is 35.5. The summed E-state index contributed by atoms with van der Waals surface area (Å²) in [6.07, 6.45) is 0. The Morgan fingerprint density at radius 2 is 1.67 bits per heavy atom. The number of primary amides is 1. The van der Waals surface area contributed by atoms with Crippen molar-refractivity contribution in [1.29, 1.82) is 0 Å². The molecule has 0 saturated heterocycles. The highest BCUT2D eigenvalue weighted by molar-refractivity contribution is 6.35. The monoisotopic (exact) mass is 448 g/mol. The van der Waals surface area contributed by atoms with Crippen LogP contribution < -0.4 is 19.9 Å². The van der Waals surface area contributed by atoms with Crippen LogP contribution in [0.2, 0.25) is 10.0 Å². The average Bonchev–Trinajstić information content (AvgIpc) is 2.69. The van der Waals surface area contributed by atoms with Gasteiger partial charge in [-0.05, 0) is 36.4 Å². The van der Waals surface area contributed by atoms with Crippen LogP contribution in [0.1, 0.15) is 0 Å². The molecule has 3 aromatic rings. The van der Waals surface area contributed by atoms with E-state index in [9.17, 15) is 14.9 Å². The highest BCUT2D eigenvalue weighted by Crippen LogP contribution is 2.40. The Hall–Kier alpha value is -3.49. The Morgan fingerprint density at radius 1 is 0.933 bits per heavy atom. The molecule has 0 bridgehead atoms. The molecule has 3 rings (SSSR count). The number of carbonyl (C=O) groups excluding carboxylic acids is 1. The summed E-state index contributed by atoms with van der Waals surface area (Å²) in [7, 11) is 0. The fraction of sp³-hybridized carbons (Fsp3) is 0.0500. The molecule has 0 aromatic heterocycles. The number of halogens is 2. The summed E-state index contributed by atoms with van der Waals surface area (Å²) in [6.45, 7) is -0.374. The zero-order valence-electron chi connectivity index (χ0n) is 15.2. The molecule has 0 atom stereocenters. The minimum Gasteiger partial charge on any atom is -0.480 e. The van der Waals surface area contributed by atoms with Gasteiger partial charge >= 0.3 is 5.69 Å². The molecule has 8 nitrogen and oxygen atoms in total. The van der Waals surface area contributed by atoms with Crippen molar-refractivity contribution < 1.29 is 23.9 Å². The molecule has 0 aliphatic carbocycles. The number of amides is 1. The van der Waals surface area contributed by atoms with E-state index >= 15 is 0 Å². The minimum atomic E-state index is -0.675. The molecule has 30 heavy (non-hydrogen) atoms. The largest absolute Gasteiger partial charge is 0.480 e. The summed E-state index contributed by atoms with van der Waals surface area (Å²) in [5, 5.41) is 12.1. The maximum absolute atomic E-state index is 11.4. The van der Waals surface area contributed by atoms with E-state index < -0.39 is 10.8 Å². The molecule has 1 amide bonds. The summed E-state index contributed by atoms with van der Waals surface area (Å²) < 4.78 is 16.7. The van der Waals surface area contributed by atoms with E-state index in [-0.39, 0.29) is 40.3 Å². The first kappa shape index (κ1) is 21.2. The molecule has 10 heteroatoms. The van der Waals surface area contributed by atoms with Crippen molar-refractivity contribution in [2.24, 2.45) is 5.73 Å². The van der Waals surface area contributed by atoms with Crippen molar-refractivity contribution in [1.82, 2.24) is 0 Å². The van der Waals surface area contributed by atoms with Crippen molar-refractivity contribution in [3.63, 3.8) is 0 Å². The molecule has 3 aromatic carbocycles. The number of nitrogens with zero attached hydrogens (tertiary/aromatic N) is 1. The van der Waals surface area contributed by atoms with Crippen LogP contribution in [0, 0.1) is 10.1 Å². The Kier molecular flexibility index (Phi) is 6.61. The lowest BCUT2D eigenvalue weighted by molar-refractivity contribution is -0.385. The predicted octanol–water partition coefficient (Wildman–Crippen LogP) is 5.35. The molecule has 0 unspecified atom stereocenters. The van der Waals surface area contributed by atoms with Gasteiger partial charge in [-0.2, -0.15) is 0 Å². The van der Waals surface area contributed by atoms with Gasteiger partial charge in [0.2, 0.25) is 5.75 Å². The van der Waals surface area contributed by atoms with Crippen molar-refractivity contribution in [3.8, 4) is 28.7 Å². The molecule has 0 saturated carbocycles. The fourth-order valence-electron chi connectivity index (χ4n) is 2.40. The first-order valence-electron chi connectivity index (χ1n) is 8.43. The predicted molar refractivity (Wildman–Crippen MR) is 111 cm³/mol. The van der Waals surface area contributed by atoms with Crippen molar-refractivity contribution >= 4 is 34.8 Å². The molecular formula is C20H14Cl2N2O6. The Bertz CT molecular complexity index is 1110. The van der Waals surface area contributed by atoms with E-state index in [1.165, 1.54) is 36.4 Å². The Labute approximate surface area is 180 Å². The van der Waals surface area contributed by atoms with Crippen LogP contribution >= 0.6 is 23.2 Å². The second kappa shape index (κ2) is 9.34. The van der Waals surface area contributed by atoms with E-state index in [1.54, 1.807) is 24.3 Å². The van der Waals surface area contributed by atoms with Crippen LogP contribution in [-0.4, -0.2) is 17.4 Å². The molecule has 154 valence electrons. The molecular weight excluding hydrogens is 435 g/mol. The third-order valence-electron chi connectivity index (χ3n) is 3.69. The zero-order valence-corrected chi connectivity index (χ0v) is 16.7.